The maximum Gasteiger partial charge on any atom is 0.265 e. The van der Waals surface area contributed by atoms with Crippen molar-refractivity contribution >= 4 is 62.8 Å². The van der Waals surface area contributed by atoms with E-state index in [4.69, 9.17) is 23.8 Å². The van der Waals surface area contributed by atoms with Crippen LogP contribution in [0.1, 0.15) is 11.1 Å². The lowest BCUT2D eigenvalue weighted by atomic mass is 10.1. The highest BCUT2D eigenvalue weighted by atomic mass is 35.5. The van der Waals surface area contributed by atoms with E-state index >= 15 is 0 Å². The van der Waals surface area contributed by atoms with Gasteiger partial charge in [0.1, 0.15) is 10.1 Å². The molecule has 0 unspecified atom stereocenters. The summed E-state index contributed by atoms with van der Waals surface area (Å²) in [5.74, 6) is -0.451. The van der Waals surface area contributed by atoms with Crippen LogP contribution in [0.5, 0.6) is 0 Å². The number of para-hydroxylation sites is 1. The van der Waals surface area contributed by atoms with Crippen molar-refractivity contribution in [2.24, 2.45) is 0 Å². The Kier molecular flexibility index (Phi) is 4.80. The molecule has 3 aromatic rings. The van der Waals surface area contributed by atoms with Crippen molar-refractivity contribution in [3.8, 4) is 0 Å². The molecule has 2 heterocycles. The summed E-state index contributed by atoms with van der Waals surface area (Å²) in [6.45, 7) is 0.300. The van der Waals surface area contributed by atoms with Crippen LogP contribution in [-0.2, 0) is 11.3 Å². The lowest BCUT2D eigenvalue weighted by Gasteiger charge is -2.08. The number of carbonyl (C=O) groups excluding carboxylic acids is 1. The lowest BCUT2D eigenvalue weighted by Crippen LogP contribution is -2.22. The van der Waals surface area contributed by atoms with E-state index in [-0.39, 0.29) is 11.7 Å². The Bertz CT molecular complexity index is 1100. The van der Waals surface area contributed by atoms with Crippen molar-refractivity contribution in [3.05, 3.63) is 75.5 Å². The van der Waals surface area contributed by atoms with E-state index in [2.05, 4.69) is 0 Å². The molecule has 27 heavy (non-hydrogen) atoms. The largest absolute Gasteiger partial charge is 0.342 e. The van der Waals surface area contributed by atoms with Crippen LogP contribution in [0.2, 0.25) is 5.02 Å². The fourth-order valence-electron chi connectivity index (χ4n) is 3.06. The Balaban J connectivity index is 1.81. The second kappa shape index (κ2) is 7.11. The Labute approximate surface area is 170 Å². The first-order chi connectivity index (χ1) is 13.0. The van der Waals surface area contributed by atoms with Gasteiger partial charge in [-0.1, -0.05) is 59.8 Å². The summed E-state index contributed by atoms with van der Waals surface area (Å²) < 4.78 is 16.7. The lowest BCUT2D eigenvalue weighted by molar-refractivity contribution is -0.121. The van der Waals surface area contributed by atoms with Crippen molar-refractivity contribution < 1.29 is 9.18 Å². The van der Waals surface area contributed by atoms with Gasteiger partial charge in [-0.2, -0.15) is 0 Å². The van der Waals surface area contributed by atoms with Gasteiger partial charge in [-0.25, -0.2) is 4.39 Å². The van der Waals surface area contributed by atoms with Gasteiger partial charge in [-0.15, -0.1) is 0 Å². The molecule has 0 spiro atoms. The molecule has 0 saturated carbocycles. The predicted octanol–water partition coefficient (Wildman–Crippen LogP) is 5.31. The van der Waals surface area contributed by atoms with Gasteiger partial charge in [-0.05, 0) is 24.3 Å². The summed E-state index contributed by atoms with van der Waals surface area (Å²) in [4.78, 5) is 14.4. The molecule has 3 nitrogen and oxygen atoms in total. The van der Waals surface area contributed by atoms with Gasteiger partial charge in [0.25, 0.3) is 5.91 Å². The normalized spacial score (nSPS) is 16.1. The Morgan fingerprint density at radius 3 is 2.70 bits per heavy atom. The Hall–Kier alpha value is -2.15. The highest BCUT2D eigenvalue weighted by molar-refractivity contribution is 8.26. The van der Waals surface area contributed by atoms with Crippen LogP contribution < -0.4 is 0 Å². The zero-order valence-corrected chi connectivity index (χ0v) is 16.7. The SMILES string of the molecule is CN1C(=O)/C(=C/c2cn(Cc3c(F)cccc3Cl)c3ccccc23)SC1=S. The molecule has 1 saturated heterocycles. The fourth-order valence-corrected chi connectivity index (χ4v) is 4.45. The van der Waals surface area contributed by atoms with Crippen LogP contribution in [0.4, 0.5) is 4.39 Å². The number of benzene rings is 2. The fraction of sp³-hybridized carbons (Fsp3) is 0.100. The van der Waals surface area contributed by atoms with Crippen molar-refractivity contribution in [2.45, 2.75) is 6.54 Å². The average molecular weight is 417 g/mol. The molecule has 0 bridgehead atoms. The standard InChI is InChI=1S/C20H14ClFN2OS2/c1-23-19(25)18(27-20(23)26)9-12-10-24(17-8-3-2-5-13(12)17)11-14-15(21)6-4-7-16(14)22/h2-10H,11H2,1H3/b18-9-. The molecular weight excluding hydrogens is 403 g/mol. The molecule has 0 radical (unpaired) electrons. The summed E-state index contributed by atoms with van der Waals surface area (Å²) in [7, 11) is 1.67. The van der Waals surface area contributed by atoms with Crippen molar-refractivity contribution in [1.82, 2.24) is 9.47 Å². The number of hydrogen-bond donors (Lipinski definition) is 0. The van der Waals surface area contributed by atoms with Crippen molar-refractivity contribution in [3.63, 3.8) is 0 Å². The minimum absolute atomic E-state index is 0.112. The molecule has 0 atom stereocenters. The van der Waals surface area contributed by atoms with E-state index in [1.807, 2.05) is 41.1 Å². The third-order valence-corrected chi connectivity index (χ3v) is 6.32. The maximum atomic E-state index is 14.2. The highest BCUT2D eigenvalue weighted by Gasteiger charge is 2.29. The van der Waals surface area contributed by atoms with E-state index in [1.165, 1.54) is 22.7 Å². The number of hydrogen-bond acceptors (Lipinski definition) is 3. The molecule has 136 valence electrons. The summed E-state index contributed by atoms with van der Waals surface area (Å²) in [5.41, 5.74) is 2.26. The summed E-state index contributed by atoms with van der Waals surface area (Å²) in [6.07, 6.45) is 3.75. The third kappa shape index (κ3) is 3.29. The van der Waals surface area contributed by atoms with Gasteiger partial charge in [0.15, 0.2) is 0 Å². The third-order valence-electron chi connectivity index (χ3n) is 4.48. The Morgan fingerprint density at radius 2 is 2.00 bits per heavy atom. The van der Waals surface area contributed by atoms with Crippen molar-refractivity contribution in [1.29, 1.82) is 0 Å². The van der Waals surface area contributed by atoms with Crippen LogP contribution in [-0.4, -0.2) is 26.7 Å². The summed E-state index contributed by atoms with van der Waals surface area (Å²) in [6, 6.07) is 12.5. The smallest absolute Gasteiger partial charge is 0.265 e. The minimum atomic E-state index is -0.339. The molecule has 0 N–H and O–H groups in total. The zero-order valence-electron chi connectivity index (χ0n) is 14.3. The maximum absolute atomic E-state index is 14.2. The quantitative estimate of drug-likeness (QED) is 0.427. The number of amides is 1. The molecule has 1 amide bonds. The molecule has 1 aromatic heterocycles. The first kappa shape index (κ1) is 18.2. The molecule has 4 rings (SSSR count). The predicted molar refractivity (Wildman–Crippen MR) is 113 cm³/mol. The van der Waals surface area contributed by atoms with Crippen LogP contribution >= 0.6 is 35.6 Å². The topological polar surface area (TPSA) is 25.2 Å². The number of carbonyl (C=O) groups is 1. The van der Waals surface area contributed by atoms with Gasteiger partial charge < -0.3 is 4.57 Å². The first-order valence-corrected chi connectivity index (χ1v) is 9.78. The van der Waals surface area contributed by atoms with E-state index < -0.39 is 0 Å². The van der Waals surface area contributed by atoms with Gasteiger partial charge in [-0.3, -0.25) is 9.69 Å². The molecule has 0 aliphatic carbocycles. The zero-order chi connectivity index (χ0) is 19.1. The van der Waals surface area contributed by atoms with E-state index in [1.54, 1.807) is 19.2 Å². The molecule has 1 fully saturated rings. The minimum Gasteiger partial charge on any atom is -0.342 e. The van der Waals surface area contributed by atoms with Gasteiger partial charge in [0.2, 0.25) is 0 Å². The van der Waals surface area contributed by atoms with Gasteiger partial charge in [0, 0.05) is 40.3 Å². The molecule has 1 aliphatic rings. The number of rotatable bonds is 3. The number of thioether (sulfide) groups is 1. The molecule has 2 aromatic carbocycles. The number of aromatic nitrogens is 1. The Morgan fingerprint density at radius 1 is 1.22 bits per heavy atom. The van der Waals surface area contributed by atoms with Crippen LogP contribution in [0.3, 0.4) is 0 Å². The monoisotopic (exact) mass is 416 g/mol. The van der Waals surface area contributed by atoms with Crippen LogP contribution in [0, 0.1) is 5.82 Å². The molecule has 1 aliphatic heterocycles. The molecular formula is C20H14ClFN2OS2. The second-order valence-electron chi connectivity index (χ2n) is 6.17. The number of halogens is 2. The number of nitrogens with zero attached hydrogens (tertiary/aromatic N) is 2. The highest BCUT2D eigenvalue weighted by Crippen LogP contribution is 2.34. The molecule has 7 heteroatoms. The van der Waals surface area contributed by atoms with Crippen LogP contribution in [0.25, 0.3) is 17.0 Å². The van der Waals surface area contributed by atoms with E-state index in [0.29, 0.717) is 26.4 Å². The number of fused-ring (bicyclic) bond motifs is 1. The summed E-state index contributed by atoms with van der Waals surface area (Å²) in [5, 5.41) is 1.37. The van der Waals surface area contributed by atoms with Gasteiger partial charge >= 0.3 is 0 Å². The van der Waals surface area contributed by atoms with E-state index in [0.717, 1.165) is 16.5 Å². The average Bonchev–Trinajstić information content (AvgIpc) is 3.11. The van der Waals surface area contributed by atoms with Gasteiger partial charge in [0.05, 0.1) is 11.4 Å². The summed E-state index contributed by atoms with van der Waals surface area (Å²) >= 11 is 12.7. The van der Waals surface area contributed by atoms with Crippen LogP contribution in [0.15, 0.2) is 53.6 Å². The number of likely N-dealkylation sites (N-methyl/N-ethyl adjacent to an activating group) is 1. The second-order valence-corrected chi connectivity index (χ2v) is 8.25. The van der Waals surface area contributed by atoms with E-state index in [9.17, 15) is 9.18 Å². The first-order valence-electron chi connectivity index (χ1n) is 8.18. The van der Waals surface area contributed by atoms with Crippen molar-refractivity contribution in [2.75, 3.05) is 7.05 Å². The number of thiocarbonyl (C=S) groups is 1.